The number of unbranched alkanes of at least 4 members (excludes halogenated alkanes) is 3. The molecule has 0 aliphatic heterocycles. The molecule has 31 heavy (non-hydrogen) atoms. The fourth-order valence-corrected chi connectivity index (χ4v) is 5.05. The zero-order chi connectivity index (χ0) is 23.5. The molecule has 0 aromatic carbocycles. The van der Waals surface area contributed by atoms with Gasteiger partial charge in [-0.15, -0.1) is 0 Å². The number of carbonyl (C=O) groups is 1. The Hall–Kier alpha value is -0.650. The molecule has 0 aromatic heterocycles. The van der Waals surface area contributed by atoms with Crippen molar-refractivity contribution in [3.8, 4) is 0 Å². The van der Waals surface area contributed by atoms with E-state index in [1.807, 2.05) is 0 Å². The summed E-state index contributed by atoms with van der Waals surface area (Å²) in [6, 6.07) is 0. The van der Waals surface area contributed by atoms with Crippen molar-refractivity contribution in [1.29, 1.82) is 0 Å². The molecule has 4 atom stereocenters. The van der Waals surface area contributed by atoms with Crippen molar-refractivity contribution in [3.63, 3.8) is 0 Å². The lowest BCUT2D eigenvalue weighted by Gasteiger charge is -2.27. The van der Waals surface area contributed by atoms with Gasteiger partial charge in [0.1, 0.15) is 0 Å². The highest BCUT2D eigenvalue weighted by Gasteiger charge is 2.38. The third-order valence-electron chi connectivity index (χ3n) is 7.12. The molecule has 1 unspecified atom stereocenters. The summed E-state index contributed by atoms with van der Waals surface area (Å²) < 4.78 is 10.2. The lowest BCUT2D eigenvalue weighted by atomic mass is 9.79. The Morgan fingerprint density at radius 1 is 1.00 bits per heavy atom. The Bertz CT molecular complexity index is 504. The number of rotatable bonds is 16. The van der Waals surface area contributed by atoms with Crippen LogP contribution in [0, 0.1) is 17.3 Å². The lowest BCUT2D eigenvalue weighted by Crippen LogP contribution is -2.43. The van der Waals surface area contributed by atoms with Gasteiger partial charge in [0.2, 0.25) is 0 Å². The van der Waals surface area contributed by atoms with Crippen LogP contribution in [0.1, 0.15) is 118 Å². The molecule has 5 nitrogen and oxygen atoms in total. The largest absolute Gasteiger partial charge is 0.459 e. The van der Waals surface area contributed by atoms with Gasteiger partial charge in [-0.05, 0) is 69.6 Å². The SMILES string of the molecule is CCCCC(C)(C)CCC[C@H]1CC[C@H](O)[C@@H]1CCCCCC(O)(OC)C(=O)OC(C)C. The third kappa shape index (κ3) is 10.2. The van der Waals surface area contributed by atoms with Gasteiger partial charge in [0.25, 0.3) is 5.79 Å². The number of aliphatic hydroxyl groups is 2. The summed E-state index contributed by atoms with van der Waals surface area (Å²) in [5.41, 5.74) is 0.428. The van der Waals surface area contributed by atoms with E-state index in [4.69, 9.17) is 9.47 Å². The first-order valence-electron chi connectivity index (χ1n) is 12.7. The summed E-state index contributed by atoms with van der Waals surface area (Å²) in [6.45, 7) is 10.5. The van der Waals surface area contributed by atoms with Crippen LogP contribution in [-0.2, 0) is 14.3 Å². The predicted molar refractivity (Wildman–Crippen MR) is 126 cm³/mol. The molecule has 0 bridgehead atoms. The minimum atomic E-state index is -1.86. The van der Waals surface area contributed by atoms with Gasteiger partial charge in [-0.25, -0.2) is 4.79 Å². The zero-order valence-electron chi connectivity index (χ0n) is 21.1. The van der Waals surface area contributed by atoms with Gasteiger partial charge in [-0.1, -0.05) is 59.3 Å². The van der Waals surface area contributed by atoms with Crippen molar-refractivity contribution in [3.05, 3.63) is 0 Å². The summed E-state index contributed by atoms with van der Waals surface area (Å²) >= 11 is 0. The summed E-state index contributed by atoms with van der Waals surface area (Å²) in [4.78, 5) is 12.1. The first-order valence-corrected chi connectivity index (χ1v) is 12.7. The van der Waals surface area contributed by atoms with Crippen molar-refractivity contribution in [1.82, 2.24) is 0 Å². The molecule has 2 N–H and O–H groups in total. The van der Waals surface area contributed by atoms with Crippen LogP contribution >= 0.6 is 0 Å². The van der Waals surface area contributed by atoms with Gasteiger partial charge in [-0.2, -0.15) is 0 Å². The number of carbonyl (C=O) groups excluding carboxylic acids is 1. The van der Waals surface area contributed by atoms with E-state index in [1.165, 1.54) is 45.6 Å². The van der Waals surface area contributed by atoms with E-state index in [9.17, 15) is 15.0 Å². The second-order valence-electron chi connectivity index (χ2n) is 10.8. The van der Waals surface area contributed by atoms with E-state index >= 15 is 0 Å². The van der Waals surface area contributed by atoms with Gasteiger partial charge in [0, 0.05) is 13.5 Å². The molecule has 0 heterocycles. The monoisotopic (exact) mass is 442 g/mol. The molecule has 1 fully saturated rings. The maximum atomic E-state index is 12.1. The maximum absolute atomic E-state index is 12.1. The predicted octanol–water partition coefficient (Wildman–Crippen LogP) is 6.00. The second kappa shape index (κ2) is 13.8. The Morgan fingerprint density at radius 2 is 1.68 bits per heavy atom. The molecule has 1 saturated carbocycles. The number of ether oxygens (including phenoxy) is 2. The van der Waals surface area contributed by atoms with E-state index in [2.05, 4.69) is 20.8 Å². The maximum Gasteiger partial charge on any atom is 0.366 e. The molecule has 184 valence electrons. The zero-order valence-corrected chi connectivity index (χ0v) is 21.1. The first-order chi connectivity index (χ1) is 14.5. The Balaban J connectivity index is 2.36. The van der Waals surface area contributed by atoms with Crippen LogP contribution in [0.2, 0.25) is 0 Å². The summed E-state index contributed by atoms with van der Waals surface area (Å²) in [5.74, 6) is -1.54. The van der Waals surface area contributed by atoms with Gasteiger partial charge in [0.15, 0.2) is 0 Å². The van der Waals surface area contributed by atoms with Crippen molar-refractivity contribution >= 4 is 5.97 Å². The van der Waals surface area contributed by atoms with Gasteiger partial charge >= 0.3 is 5.97 Å². The molecule has 0 radical (unpaired) electrons. The fourth-order valence-electron chi connectivity index (χ4n) is 5.05. The molecular weight excluding hydrogens is 392 g/mol. The molecule has 1 aliphatic carbocycles. The molecule has 0 spiro atoms. The van der Waals surface area contributed by atoms with Crippen molar-refractivity contribution in [2.45, 2.75) is 136 Å². The van der Waals surface area contributed by atoms with Crippen LogP contribution in [0.3, 0.4) is 0 Å². The van der Waals surface area contributed by atoms with Crippen molar-refractivity contribution in [2.75, 3.05) is 7.11 Å². The number of hydrogen-bond acceptors (Lipinski definition) is 5. The van der Waals surface area contributed by atoms with E-state index in [0.717, 1.165) is 32.1 Å². The first kappa shape index (κ1) is 28.4. The normalized spacial score (nSPS) is 23.8. The van der Waals surface area contributed by atoms with Crippen LogP contribution in [-0.4, -0.2) is 41.3 Å². The minimum Gasteiger partial charge on any atom is -0.459 e. The number of methoxy groups -OCH3 is 1. The molecule has 1 aliphatic rings. The fraction of sp³-hybridized carbons (Fsp3) is 0.962. The summed E-state index contributed by atoms with van der Waals surface area (Å²) in [7, 11) is 1.34. The highest BCUT2D eigenvalue weighted by molar-refractivity contribution is 5.77. The Morgan fingerprint density at radius 3 is 2.29 bits per heavy atom. The number of esters is 1. The topological polar surface area (TPSA) is 76.0 Å². The average Bonchev–Trinajstić information content (AvgIpc) is 3.05. The average molecular weight is 443 g/mol. The molecule has 5 heteroatoms. The molecule has 0 amide bonds. The molecule has 1 rings (SSSR count). The highest BCUT2D eigenvalue weighted by atomic mass is 16.7. The third-order valence-corrected chi connectivity index (χ3v) is 7.12. The van der Waals surface area contributed by atoms with E-state index in [1.54, 1.807) is 13.8 Å². The van der Waals surface area contributed by atoms with Crippen LogP contribution in [0.15, 0.2) is 0 Å². The standard InChI is InChI=1S/C26H50O5/c1-7-8-17-25(4,5)18-12-13-21-15-16-23(27)22(21)14-10-9-11-19-26(29,30-6)24(28)31-20(2)3/h20-23,27,29H,7-19H2,1-6H3/t21-,22+,23-,26?/m0/s1. The van der Waals surface area contributed by atoms with Crippen molar-refractivity contribution in [2.24, 2.45) is 17.3 Å². The van der Waals surface area contributed by atoms with E-state index < -0.39 is 11.8 Å². The van der Waals surface area contributed by atoms with Crippen molar-refractivity contribution < 1.29 is 24.5 Å². The van der Waals surface area contributed by atoms with Gasteiger partial charge in [-0.3, -0.25) is 0 Å². The summed E-state index contributed by atoms with van der Waals surface area (Å²) in [6.07, 6.45) is 13.1. The molecular formula is C26H50O5. The van der Waals surface area contributed by atoms with Crippen LogP contribution in [0.5, 0.6) is 0 Å². The van der Waals surface area contributed by atoms with Crippen LogP contribution in [0.25, 0.3) is 0 Å². The van der Waals surface area contributed by atoms with E-state index in [-0.39, 0.29) is 18.6 Å². The second-order valence-corrected chi connectivity index (χ2v) is 10.8. The number of aliphatic hydroxyl groups excluding tert-OH is 1. The highest BCUT2D eigenvalue weighted by Crippen LogP contribution is 2.40. The quantitative estimate of drug-likeness (QED) is 0.174. The Kier molecular flexibility index (Phi) is 12.6. The molecule has 0 saturated heterocycles. The minimum absolute atomic E-state index is 0.171. The lowest BCUT2D eigenvalue weighted by molar-refractivity contribution is -0.225. The van der Waals surface area contributed by atoms with Crippen LogP contribution < -0.4 is 0 Å². The summed E-state index contributed by atoms with van der Waals surface area (Å²) in [5, 5.41) is 20.9. The van der Waals surface area contributed by atoms with E-state index in [0.29, 0.717) is 23.7 Å². The number of hydrogen-bond donors (Lipinski definition) is 2. The molecule has 0 aromatic rings. The smallest absolute Gasteiger partial charge is 0.366 e. The van der Waals surface area contributed by atoms with Gasteiger partial charge in [0.05, 0.1) is 12.2 Å². The van der Waals surface area contributed by atoms with Gasteiger partial charge < -0.3 is 19.7 Å². The van der Waals surface area contributed by atoms with Crippen LogP contribution in [0.4, 0.5) is 0 Å². The Labute approximate surface area is 191 Å².